The van der Waals surface area contributed by atoms with E-state index >= 15 is 0 Å². The van der Waals surface area contributed by atoms with Crippen molar-refractivity contribution in [3.63, 3.8) is 0 Å². The summed E-state index contributed by atoms with van der Waals surface area (Å²) in [6, 6.07) is 6.83. The van der Waals surface area contributed by atoms with Crippen LogP contribution in [0.1, 0.15) is 31.2 Å². The molecule has 5 rings (SSSR count). The van der Waals surface area contributed by atoms with Gasteiger partial charge >= 0.3 is 0 Å². The summed E-state index contributed by atoms with van der Waals surface area (Å²) in [7, 11) is -1.90. The Morgan fingerprint density at radius 3 is 2.32 bits per heavy atom. The van der Waals surface area contributed by atoms with E-state index in [-0.39, 0.29) is 10.8 Å². The van der Waals surface area contributed by atoms with Gasteiger partial charge in [0.05, 0.1) is 10.6 Å². The van der Waals surface area contributed by atoms with Gasteiger partial charge in [0.2, 0.25) is 16.0 Å². The number of carbonyl (C=O) groups is 1. The Kier molecular flexibility index (Phi) is 5.02. The highest BCUT2D eigenvalue weighted by Crippen LogP contribution is 2.42. The molecule has 0 unspecified atom stereocenters. The maximum atomic E-state index is 13.4. The van der Waals surface area contributed by atoms with Gasteiger partial charge in [0.15, 0.2) is 0 Å². The second-order valence-electron chi connectivity index (χ2n) is 8.17. The lowest BCUT2D eigenvalue weighted by molar-refractivity contribution is -0.112. The van der Waals surface area contributed by atoms with Crippen LogP contribution >= 0.6 is 0 Å². The van der Waals surface area contributed by atoms with E-state index in [0.29, 0.717) is 37.7 Å². The van der Waals surface area contributed by atoms with Gasteiger partial charge in [-0.15, -0.1) is 0 Å². The topological polar surface area (TPSA) is 86.7 Å². The van der Waals surface area contributed by atoms with Crippen LogP contribution in [0.15, 0.2) is 47.1 Å². The molecule has 0 bridgehead atoms. The summed E-state index contributed by atoms with van der Waals surface area (Å²) in [5, 5.41) is 0. The van der Waals surface area contributed by atoms with Crippen LogP contribution in [0.4, 0.5) is 11.6 Å². The first-order valence-corrected chi connectivity index (χ1v) is 12.1. The molecule has 0 N–H and O–H groups in total. The molecule has 0 atom stereocenters. The lowest BCUT2D eigenvalue weighted by atomic mass is 10.00. The number of rotatable bonds is 3. The number of anilines is 2. The molecule has 2 aliphatic heterocycles. The maximum Gasteiger partial charge on any atom is 0.258 e. The van der Waals surface area contributed by atoms with Crippen LogP contribution in [0.5, 0.6) is 0 Å². The van der Waals surface area contributed by atoms with Crippen LogP contribution in [0.25, 0.3) is 5.57 Å². The standard InChI is InChI=1S/C22H25N5O3S/c1-25-19-8-7-17(15-18(19)20(21(25)28)16-5-2-3-6-16)31(29,30)27-13-11-26(12-14-27)22-23-9-4-10-24-22/h4,7-10,15H,2-3,5-6,11-14H2,1H3. The number of hydrogen-bond acceptors (Lipinski definition) is 6. The average Bonchev–Trinajstić information content (AvgIpc) is 3.41. The molecule has 1 amide bonds. The molecule has 1 aromatic heterocycles. The van der Waals surface area contributed by atoms with E-state index in [1.807, 2.05) is 4.90 Å². The zero-order valence-electron chi connectivity index (χ0n) is 17.5. The number of benzene rings is 1. The van der Waals surface area contributed by atoms with Gasteiger partial charge in [-0.2, -0.15) is 4.31 Å². The van der Waals surface area contributed by atoms with Gasteiger partial charge in [0, 0.05) is 56.8 Å². The first-order valence-electron chi connectivity index (χ1n) is 10.6. The Morgan fingerprint density at radius 2 is 1.65 bits per heavy atom. The van der Waals surface area contributed by atoms with Crippen LogP contribution in [-0.4, -0.2) is 61.8 Å². The lowest BCUT2D eigenvalue weighted by Crippen LogP contribution is -2.49. The van der Waals surface area contributed by atoms with Crippen molar-refractivity contribution in [2.75, 3.05) is 43.0 Å². The van der Waals surface area contributed by atoms with Crippen molar-refractivity contribution in [2.45, 2.75) is 30.6 Å². The molecule has 1 aliphatic carbocycles. The summed E-state index contributed by atoms with van der Waals surface area (Å²) in [5.74, 6) is 0.587. The number of likely N-dealkylation sites (N-methyl/N-ethyl adjacent to an activating group) is 1. The van der Waals surface area contributed by atoms with Gasteiger partial charge < -0.3 is 9.80 Å². The van der Waals surface area contributed by atoms with Gasteiger partial charge in [0.25, 0.3) is 5.91 Å². The van der Waals surface area contributed by atoms with E-state index in [9.17, 15) is 13.2 Å². The van der Waals surface area contributed by atoms with Crippen LogP contribution in [0.3, 0.4) is 0 Å². The molecule has 1 saturated heterocycles. The predicted octanol–water partition coefficient (Wildman–Crippen LogP) is 2.29. The highest BCUT2D eigenvalue weighted by Gasteiger charge is 2.35. The molecular weight excluding hydrogens is 414 g/mol. The third-order valence-corrected chi connectivity index (χ3v) is 8.28. The molecule has 3 heterocycles. The van der Waals surface area contributed by atoms with E-state index in [2.05, 4.69) is 9.97 Å². The number of fused-ring (bicyclic) bond motifs is 1. The molecule has 1 saturated carbocycles. The van der Waals surface area contributed by atoms with Crippen molar-refractivity contribution in [1.29, 1.82) is 0 Å². The van der Waals surface area contributed by atoms with Crippen molar-refractivity contribution in [2.24, 2.45) is 0 Å². The van der Waals surface area contributed by atoms with E-state index in [4.69, 9.17) is 0 Å². The summed E-state index contributed by atoms with van der Waals surface area (Å²) in [4.78, 5) is 25.2. The van der Waals surface area contributed by atoms with E-state index in [0.717, 1.165) is 42.5 Å². The number of piperazine rings is 1. The fourth-order valence-electron chi connectivity index (χ4n) is 4.69. The zero-order chi connectivity index (χ0) is 21.6. The molecular formula is C22H25N5O3S. The summed E-state index contributed by atoms with van der Waals surface area (Å²) in [5.41, 5.74) is 3.39. The van der Waals surface area contributed by atoms with Crippen LogP contribution < -0.4 is 9.80 Å². The Labute approximate surface area is 182 Å². The third-order valence-electron chi connectivity index (χ3n) is 6.39. The molecule has 162 valence electrons. The van der Waals surface area contributed by atoms with Gasteiger partial charge in [0.1, 0.15) is 0 Å². The number of sulfonamides is 1. The first kappa shape index (κ1) is 20.1. The molecule has 1 aromatic carbocycles. The first-order chi connectivity index (χ1) is 15.0. The Morgan fingerprint density at radius 1 is 0.968 bits per heavy atom. The highest BCUT2D eigenvalue weighted by molar-refractivity contribution is 7.89. The number of allylic oxidation sites excluding steroid dienone is 1. The maximum absolute atomic E-state index is 13.4. The SMILES string of the molecule is CN1C(=O)C(=C2CCCC2)c2cc(S(=O)(=O)N3CCN(c4ncccn4)CC3)ccc21. The predicted molar refractivity (Wildman–Crippen MR) is 118 cm³/mol. The van der Waals surface area contributed by atoms with Crippen molar-refractivity contribution < 1.29 is 13.2 Å². The zero-order valence-corrected chi connectivity index (χ0v) is 18.3. The summed E-state index contributed by atoms with van der Waals surface area (Å²) in [6.45, 7) is 1.80. The van der Waals surface area contributed by atoms with Crippen LogP contribution in [0.2, 0.25) is 0 Å². The Hall–Kier alpha value is -2.78. The number of aromatic nitrogens is 2. The molecule has 0 radical (unpaired) electrons. The molecule has 9 heteroatoms. The van der Waals surface area contributed by atoms with Crippen molar-refractivity contribution >= 4 is 33.1 Å². The average molecular weight is 440 g/mol. The van der Waals surface area contributed by atoms with Gasteiger partial charge in [-0.3, -0.25) is 4.79 Å². The monoisotopic (exact) mass is 439 g/mol. The van der Waals surface area contributed by atoms with Gasteiger partial charge in [-0.25, -0.2) is 18.4 Å². The summed E-state index contributed by atoms with van der Waals surface area (Å²) < 4.78 is 28.3. The van der Waals surface area contributed by atoms with E-state index in [1.165, 1.54) is 4.31 Å². The van der Waals surface area contributed by atoms with E-state index < -0.39 is 10.0 Å². The molecule has 0 spiro atoms. The Bertz CT molecular complexity index is 1150. The number of amides is 1. The fourth-order valence-corrected chi connectivity index (χ4v) is 6.14. The molecule has 2 aromatic rings. The minimum Gasteiger partial charge on any atom is -0.338 e. The van der Waals surface area contributed by atoms with E-state index in [1.54, 1.807) is 48.6 Å². The van der Waals surface area contributed by atoms with Crippen molar-refractivity contribution in [1.82, 2.24) is 14.3 Å². The summed E-state index contributed by atoms with van der Waals surface area (Å²) >= 11 is 0. The second kappa shape index (κ2) is 7.72. The minimum absolute atomic E-state index is 0.0297. The molecule has 2 fully saturated rings. The number of nitrogens with zero attached hydrogens (tertiary/aromatic N) is 5. The summed E-state index contributed by atoms with van der Waals surface area (Å²) in [6.07, 6.45) is 7.36. The quantitative estimate of drug-likeness (QED) is 0.682. The minimum atomic E-state index is -3.66. The lowest BCUT2D eigenvalue weighted by Gasteiger charge is -2.33. The Balaban J connectivity index is 1.42. The van der Waals surface area contributed by atoms with Crippen molar-refractivity contribution in [3.05, 3.63) is 47.8 Å². The molecule has 8 nitrogen and oxygen atoms in total. The normalized spacial score (nSPS) is 20.0. The number of carbonyl (C=O) groups excluding carboxylic acids is 1. The largest absolute Gasteiger partial charge is 0.338 e. The van der Waals surface area contributed by atoms with Gasteiger partial charge in [-0.05, 0) is 49.9 Å². The smallest absolute Gasteiger partial charge is 0.258 e. The second-order valence-corrected chi connectivity index (χ2v) is 10.1. The van der Waals surface area contributed by atoms with Crippen LogP contribution in [0, 0.1) is 0 Å². The third kappa shape index (κ3) is 3.41. The van der Waals surface area contributed by atoms with Gasteiger partial charge in [-0.1, -0.05) is 5.57 Å². The molecule has 31 heavy (non-hydrogen) atoms. The van der Waals surface area contributed by atoms with Crippen molar-refractivity contribution in [3.8, 4) is 0 Å². The molecule has 3 aliphatic rings. The highest BCUT2D eigenvalue weighted by atomic mass is 32.2. The van der Waals surface area contributed by atoms with Crippen LogP contribution in [-0.2, 0) is 14.8 Å². The fraction of sp³-hybridized carbons (Fsp3) is 0.409. The number of hydrogen-bond donors (Lipinski definition) is 0.